The monoisotopic (exact) mass is 229 g/mol. The summed E-state index contributed by atoms with van der Waals surface area (Å²) in [6, 6.07) is 1.98. The van der Waals surface area contributed by atoms with Gasteiger partial charge in [-0.25, -0.2) is 0 Å². The Labute approximate surface area is 95.4 Å². The summed E-state index contributed by atoms with van der Waals surface area (Å²) < 4.78 is 5.38. The van der Waals surface area contributed by atoms with Crippen LogP contribution < -0.4 is 0 Å². The van der Waals surface area contributed by atoms with Gasteiger partial charge in [-0.2, -0.15) is 5.26 Å². The Balaban J connectivity index is 2.66. The molecule has 0 spiro atoms. The predicted molar refractivity (Wildman–Crippen MR) is 57.5 cm³/mol. The molecule has 0 aromatic heterocycles. The number of carbonyl (C=O) groups excluding carboxylic acids is 1. The first-order chi connectivity index (χ1) is 7.08. The maximum absolute atomic E-state index is 11.0. The molecule has 1 rings (SSSR count). The van der Waals surface area contributed by atoms with Crippen LogP contribution in [0, 0.1) is 11.3 Å². The van der Waals surface area contributed by atoms with Crippen LogP contribution in [0.4, 0.5) is 0 Å². The fraction of sp³-hybridized carbons (Fsp3) is 0.818. The molecule has 0 bridgehead atoms. The van der Waals surface area contributed by atoms with Gasteiger partial charge in [-0.15, -0.1) is 11.6 Å². The van der Waals surface area contributed by atoms with Gasteiger partial charge in [-0.3, -0.25) is 4.79 Å². The fourth-order valence-electron chi connectivity index (χ4n) is 2.22. The van der Waals surface area contributed by atoms with E-state index >= 15 is 0 Å². The molecule has 1 aliphatic carbocycles. The van der Waals surface area contributed by atoms with E-state index in [1.54, 1.807) is 0 Å². The number of ether oxygens (including phenoxy) is 1. The van der Waals surface area contributed by atoms with Crippen molar-refractivity contribution in [3.63, 3.8) is 0 Å². The standard InChI is InChI=1S/C11H16ClNO2/c1-9(14)15-11(7-10(12)8-13)5-3-2-4-6-11/h10H,2-7H2,1H3. The molecule has 1 unspecified atom stereocenters. The van der Waals surface area contributed by atoms with Gasteiger partial charge in [-0.1, -0.05) is 6.42 Å². The van der Waals surface area contributed by atoms with Crippen molar-refractivity contribution in [2.75, 3.05) is 0 Å². The number of nitriles is 1. The Morgan fingerprint density at radius 2 is 2.13 bits per heavy atom. The summed E-state index contributed by atoms with van der Waals surface area (Å²) in [4.78, 5) is 11.0. The highest BCUT2D eigenvalue weighted by molar-refractivity contribution is 6.22. The minimum absolute atomic E-state index is 0.279. The fourth-order valence-corrected chi connectivity index (χ4v) is 2.50. The molecule has 0 aliphatic heterocycles. The van der Waals surface area contributed by atoms with Crippen molar-refractivity contribution in [2.24, 2.45) is 0 Å². The third-order valence-electron chi connectivity index (χ3n) is 2.82. The summed E-state index contributed by atoms with van der Waals surface area (Å²) in [7, 11) is 0. The van der Waals surface area contributed by atoms with Gasteiger partial charge in [-0.05, 0) is 25.7 Å². The minimum atomic E-state index is -0.567. The van der Waals surface area contributed by atoms with Crippen LogP contribution >= 0.6 is 11.6 Å². The molecule has 1 fully saturated rings. The van der Waals surface area contributed by atoms with E-state index < -0.39 is 11.0 Å². The van der Waals surface area contributed by atoms with Crippen LogP contribution in [0.2, 0.25) is 0 Å². The molecule has 0 heterocycles. The summed E-state index contributed by atoms with van der Waals surface area (Å²) in [5.74, 6) is -0.279. The summed E-state index contributed by atoms with van der Waals surface area (Å²) in [6.07, 6.45) is 5.37. The van der Waals surface area contributed by atoms with E-state index in [1.165, 1.54) is 13.3 Å². The minimum Gasteiger partial charge on any atom is -0.459 e. The lowest BCUT2D eigenvalue weighted by Gasteiger charge is -2.36. The van der Waals surface area contributed by atoms with E-state index in [2.05, 4.69) is 0 Å². The second kappa shape index (κ2) is 5.37. The largest absolute Gasteiger partial charge is 0.459 e. The van der Waals surface area contributed by atoms with E-state index in [1.807, 2.05) is 6.07 Å². The molecule has 84 valence electrons. The smallest absolute Gasteiger partial charge is 0.303 e. The number of esters is 1. The number of halogens is 1. The molecule has 0 aromatic carbocycles. The molecule has 1 atom stereocenters. The van der Waals surface area contributed by atoms with Gasteiger partial charge in [0.2, 0.25) is 0 Å². The molecule has 4 heteroatoms. The van der Waals surface area contributed by atoms with Gasteiger partial charge in [0, 0.05) is 13.3 Å². The Kier molecular flexibility index (Phi) is 4.41. The maximum atomic E-state index is 11.0. The van der Waals surface area contributed by atoms with Crippen LogP contribution in [-0.4, -0.2) is 16.9 Å². The van der Waals surface area contributed by atoms with Gasteiger partial charge in [0.05, 0.1) is 6.07 Å². The third-order valence-corrected chi connectivity index (χ3v) is 3.07. The van der Waals surface area contributed by atoms with Crippen molar-refractivity contribution in [1.82, 2.24) is 0 Å². The lowest BCUT2D eigenvalue weighted by Crippen LogP contribution is -2.38. The van der Waals surface area contributed by atoms with E-state index in [0.717, 1.165) is 25.7 Å². The lowest BCUT2D eigenvalue weighted by atomic mass is 9.81. The maximum Gasteiger partial charge on any atom is 0.303 e. The van der Waals surface area contributed by atoms with E-state index in [0.29, 0.717) is 6.42 Å². The summed E-state index contributed by atoms with van der Waals surface area (Å²) >= 11 is 5.82. The highest BCUT2D eigenvalue weighted by atomic mass is 35.5. The topological polar surface area (TPSA) is 50.1 Å². The highest BCUT2D eigenvalue weighted by Crippen LogP contribution is 2.36. The number of carbonyl (C=O) groups is 1. The molecule has 0 aromatic rings. The SMILES string of the molecule is CC(=O)OC1(CC(Cl)C#N)CCCCC1. The summed E-state index contributed by atoms with van der Waals surface area (Å²) in [5.41, 5.74) is -0.480. The second-order valence-corrected chi connectivity index (χ2v) is 4.66. The highest BCUT2D eigenvalue weighted by Gasteiger charge is 2.37. The third kappa shape index (κ3) is 3.71. The van der Waals surface area contributed by atoms with Gasteiger partial charge in [0.15, 0.2) is 0 Å². The van der Waals surface area contributed by atoms with Crippen LogP contribution in [0.25, 0.3) is 0 Å². The van der Waals surface area contributed by atoms with Crippen molar-refractivity contribution in [3.05, 3.63) is 0 Å². The van der Waals surface area contributed by atoms with Crippen LogP contribution in [0.3, 0.4) is 0 Å². The molecule has 1 aliphatic rings. The zero-order chi connectivity index (χ0) is 11.3. The first-order valence-electron chi connectivity index (χ1n) is 5.31. The molecule has 0 saturated heterocycles. The average Bonchev–Trinajstić information content (AvgIpc) is 2.17. The van der Waals surface area contributed by atoms with Crippen LogP contribution in [0.5, 0.6) is 0 Å². The summed E-state index contributed by atoms with van der Waals surface area (Å²) in [5, 5.41) is 8.12. The molecule has 3 nitrogen and oxygen atoms in total. The van der Waals surface area contributed by atoms with Crippen molar-refractivity contribution < 1.29 is 9.53 Å². The van der Waals surface area contributed by atoms with Crippen LogP contribution in [-0.2, 0) is 9.53 Å². The molecular weight excluding hydrogens is 214 g/mol. The van der Waals surface area contributed by atoms with Crippen molar-refractivity contribution in [3.8, 4) is 6.07 Å². The van der Waals surface area contributed by atoms with Gasteiger partial charge >= 0.3 is 5.97 Å². The van der Waals surface area contributed by atoms with Gasteiger partial charge < -0.3 is 4.74 Å². The quantitative estimate of drug-likeness (QED) is 0.552. The molecule has 0 N–H and O–H groups in total. The zero-order valence-corrected chi connectivity index (χ0v) is 9.72. The zero-order valence-electron chi connectivity index (χ0n) is 8.96. The molecular formula is C11H16ClNO2. The molecule has 0 amide bonds. The Bertz CT molecular complexity index is 266. The van der Waals surface area contributed by atoms with Crippen LogP contribution in [0.1, 0.15) is 45.4 Å². The Hall–Kier alpha value is -0.750. The normalized spacial score (nSPS) is 21.4. The van der Waals surface area contributed by atoms with Crippen molar-refractivity contribution in [2.45, 2.75) is 56.4 Å². The first kappa shape index (κ1) is 12.3. The van der Waals surface area contributed by atoms with E-state index in [9.17, 15) is 4.79 Å². The molecule has 0 radical (unpaired) electrons. The average molecular weight is 230 g/mol. The van der Waals surface area contributed by atoms with Crippen molar-refractivity contribution >= 4 is 17.6 Å². The number of hydrogen-bond acceptors (Lipinski definition) is 3. The Morgan fingerprint density at radius 3 is 2.60 bits per heavy atom. The number of rotatable bonds is 3. The molecule has 1 saturated carbocycles. The number of alkyl halides is 1. The van der Waals surface area contributed by atoms with Crippen LogP contribution in [0.15, 0.2) is 0 Å². The number of nitrogens with zero attached hydrogens (tertiary/aromatic N) is 1. The van der Waals surface area contributed by atoms with E-state index in [4.69, 9.17) is 21.6 Å². The van der Waals surface area contributed by atoms with Crippen molar-refractivity contribution in [1.29, 1.82) is 5.26 Å². The van der Waals surface area contributed by atoms with E-state index in [-0.39, 0.29) is 5.97 Å². The lowest BCUT2D eigenvalue weighted by molar-refractivity contribution is -0.161. The summed E-state index contributed by atoms with van der Waals surface area (Å²) in [6.45, 7) is 1.41. The molecule has 15 heavy (non-hydrogen) atoms. The van der Waals surface area contributed by atoms with Gasteiger partial charge in [0.25, 0.3) is 0 Å². The first-order valence-corrected chi connectivity index (χ1v) is 5.75. The number of hydrogen-bond donors (Lipinski definition) is 0. The van der Waals surface area contributed by atoms with Gasteiger partial charge in [0.1, 0.15) is 11.0 Å². The predicted octanol–water partition coefficient (Wildman–Crippen LogP) is 2.77. The Morgan fingerprint density at radius 1 is 1.53 bits per heavy atom. The second-order valence-electron chi connectivity index (χ2n) is 4.14.